The Hall–Kier alpha value is -3.69. The van der Waals surface area contributed by atoms with Crippen LogP contribution >= 0.6 is 23.2 Å². The zero-order chi connectivity index (χ0) is 24.1. The van der Waals surface area contributed by atoms with E-state index in [4.69, 9.17) is 32.7 Å². The van der Waals surface area contributed by atoms with E-state index in [0.29, 0.717) is 38.7 Å². The SMILES string of the molecule is O=[N+]([O-])c1cc2c(Nc3ccc(OCc4cccc(F)c4)c(Cl)c3)ncnc2cc1OCCCl. The fraction of sp³-hybridized carbons (Fsp3) is 0.130. The summed E-state index contributed by atoms with van der Waals surface area (Å²) in [5.74, 6) is 0.684. The monoisotopic (exact) mass is 502 g/mol. The summed E-state index contributed by atoms with van der Waals surface area (Å²) < 4.78 is 24.4. The Kier molecular flexibility index (Phi) is 7.24. The quantitative estimate of drug-likeness (QED) is 0.163. The molecule has 0 atom stereocenters. The van der Waals surface area contributed by atoms with Gasteiger partial charge < -0.3 is 14.8 Å². The molecule has 174 valence electrons. The highest BCUT2D eigenvalue weighted by molar-refractivity contribution is 6.32. The largest absolute Gasteiger partial charge is 0.487 e. The van der Waals surface area contributed by atoms with Gasteiger partial charge in [0.05, 0.1) is 26.7 Å². The van der Waals surface area contributed by atoms with Crippen molar-refractivity contribution in [1.82, 2.24) is 9.97 Å². The molecule has 0 saturated carbocycles. The van der Waals surface area contributed by atoms with Gasteiger partial charge in [-0.3, -0.25) is 10.1 Å². The second kappa shape index (κ2) is 10.5. The third kappa shape index (κ3) is 5.44. The van der Waals surface area contributed by atoms with E-state index in [0.717, 1.165) is 0 Å². The number of hydrogen-bond acceptors (Lipinski definition) is 7. The van der Waals surface area contributed by atoms with Crippen molar-refractivity contribution in [3.63, 3.8) is 0 Å². The number of nitrogens with one attached hydrogen (secondary N) is 1. The minimum atomic E-state index is -0.540. The minimum Gasteiger partial charge on any atom is -0.487 e. The molecule has 0 fully saturated rings. The van der Waals surface area contributed by atoms with Crippen molar-refractivity contribution < 1.29 is 18.8 Å². The van der Waals surface area contributed by atoms with Gasteiger partial charge in [-0.15, -0.1) is 11.6 Å². The molecule has 0 amide bonds. The van der Waals surface area contributed by atoms with E-state index in [2.05, 4.69) is 15.3 Å². The maximum Gasteiger partial charge on any atom is 0.311 e. The van der Waals surface area contributed by atoms with Crippen LogP contribution in [0.5, 0.6) is 11.5 Å². The summed E-state index contributed by atoms with van der Waals surface area (Å²) in [6.07, 6.45) is 1.33. The molecule has 0 spiro atoms. The first-order valence-corrected chi connectivity index (χ1v) is 10.9. The molecule has 8 nitrogen and oxygen atoms in total. The zero-order valence-corrected chi connectivity index (χ0v) is 19.0. The number of aromatic nitrogens is 2. The first kappa shape index (κ1) is 23.5. The summed E-state index contributed by atoms with van der Waals surface area (Å²) in [6.45, 7) is 0.273. The van der Waals surface area contributed by atoms with Gasteiger partial charge in [-0.1, -0.05) is 23.7 Å². The Morgan fingerprint density at radius 3 is 2.65 bits per heavy atom. The average Bonchev–Trinajstić information content (AvgIpc) is 2.82. The predicted octanol–water partition coefficient (Wildman–Crippen LogP) is 6.27. The number of anilines is 2. The predicted molar refractivity (Wildman–Crippen MR) is 128 cm³/mol. The molecule has 0 radical (unpaired) electrons. The Morgan fingerprint density at radius 2 is 1.91 bits per heavy atom. The van der Waals surface area contributed by atoms with Crippen molar-refractivity contribution in [3.05, 3.63) is 87.4 Å². The molecule has 0 bridgehead atoms. The van der Waals surface area contributed by atoms with Crippen molar-refractivity contribution >= 4 is 51.3 Å². The highest BCUT2D eigenvalue weighted by atomic mass is 35.5. The van der Waals surface area contributed by atoms with E-state index in [1.807, 2.05) is 0 Å². The van der Waals surface area contributed by atoms with Gasteiger partial charge in [0.1, 0.15) is 36.9 Å². The molecule has 34 heavy (non-hydrogen) atoms. The molecule has 0 aliphatic carbocycles. The molecule has 0 unspecified atom stereocenters. The summed E-state index contributed by atoms with van der Waals surface area (Å²) in [7, 11) is 0. The number of nitro benzene ring substituents is 1. The van der Waals surface area contributed by atoms with Gasteiger partial charge >= 0.3 is 5.69 Å². The van der Waals surface area contributed by atoms with Gasteiger partial charge in [-0.05, 0) is 35.9 Å². The van der Waals surface area contributed by atoms with E-state index in [-0.39, 0.29) is 36.3 Å². The smallest absolute Gasteiger partial charge is 0.311 e. The highest BCUT2D eigenvalue weighted by Crippen LogP contribution is 2.35. The lowest BCUT2D eigenvalue weighted by Gasteiger charge is -2.12. The van der Waals surface area contributed by atoms with E-state index < -0.39 is 4.92 Å². The van der Waals surface area contributed by atoms with Gasteiger partial charge in [0, 0.05) is 17.8 Å². The maximum atomic E-state index is 13.3. The van der Waals surface area contributed by atoms with Crippen LogP contribution in [0.1, 0.15) is 5.56 Å². The van der Waals surface area contributed by atoms with Crippen LogP contribution in [0.3, 0.4) is 0 Å². The lowest BCUT2D eigenvalue weighted by atomic mass is 10.2. The summed E-state index contributed by atoms with van der Waals surface area (Å²) >= 11 is 12.0. The highest BCUT2D eigenvalue weighted by Gasteiger charge is 2.19. The summed E-state index contributed by atoms with van der Waals surface area (Å²) in [5, 5.41) is 15.4. The number of hydrogen-bond donors (Lipinski definition) is 1. The Morgan fingerprint density at radius 1 is 1.06 bits per heavy atom. The topological polar surface area (TPSA) is 99.4 Å². The fourth-order valence-electron chi connectivity index (χ4n) is 3.20. The number of halogens is 3. The van der Waals surface area contributed by atoms with E-state index in [1.54, 1.807) is 30.3 Å². The van der Waals surface area contributed by atoms with Gasteiger partial charge in [0.2, 0.25) is 0 Å². The molecule has 1 heterocycles. The van der Waals surface area contributed by atoms with Crippen molar-refractivity contribution in [3.8, 4) is 11.5 Å². The number of alkyl halides is 1. The lowest BCUT2D eigenvalue weighted by Crippen LogP contribution is -2.03. The zero-order valence-electron chi connectivity index (χ0n) is 17.5. The lowest BCUT2D eigenvalue weighted by molar-refractivity contribution is -0.385. The Bertz CT molecular complexity index is 1360. The normalized spacial score (nSPS) is 10.8. The maximum absolute atomic E-state index is 13.3. The van der Waals surface area contributed by atoms with Crippen LogP contribution < -0.4 is 14.8 Å². The van der Waals surface area contributed by atoms with Crippen LogP contribution in [0.4, 0.5) is 21.6 Å². The van der Waals surface area contributed by atoms with E-state index in [9.17, 15) is 14.5 Å². The van der Waals surface area contributed by atoms with Crippen molar-refractivity contribution in [2.75, 3.05) is 17.8 Å². The van der Waals surface area contributed by atoms with E-state index in [1.165, 1.54) is 30.6 Å². The molecule has 0 aliphatic heterocycles. The van der Waals surface area contributed by atoms with Crippen LogP contribution in [-0.2, 0) is 6.61 Å². The number of fused-ring (bicyclic) bond motifs is 1. The molecule has 0 aliphatic rings. The summed E-state index contributed by atoms with van der Waals surface area (Å²) in [5.41, 5.74) is 1.47. The number of nitrogens with zero attached hydrogens (tertiary/aromatic N) is 3. The number of rotatable bonds is 9. The van der Waals surface area contributed by atoms with Crippen molar-refractivity contribution in [2.45, 2.75) is 6.61 Å². The van der Waals surface area contributed by atoms with Crippen molar-refractivity contribution in [1.29, 1.82) is 0 Å². The minimum absolute atomic E-state index is 0.0747. The van der Waals surface area contributed by atoms with Crippen LogP contribution in [-0.4, -0.2) is 27.4 Å². The molecule has 11 heteroatoms. The van der Waals surface area contributed by atoms with Crippen LogP contribution in [0.15, 0.2) is 60.9 Å². The van der Waals surface area contributed by atoms with Crippen LogP contribution in [0.25, 0.3) is 10.9 Å². The van der Waals surface area contributed by atoms with Crippen LogP contribution in [0, 0.1) is 15.9 Å². The Labute approximate surface area is 203 Å². The Balaban J connectivity index is 1.57. The number of benzene rings is 3. The molecule has 1 N–H and O–H groups in total. The summed E-state index contributed by atoms with van der Waals surface area (Å²) in [6, 6.07) is 13.9. The second-order valence-corrected chi connectivity index (χ2v) is 7.83. The average molecular weight is 503 g/mol. The van der Waals surface area contributed by atoms with Gasteiger partial charge in [0.25, 0.3) is 0 Å². The fourth-order valence-corrected chi connectivity index (χ4v) is 3.51. The first-order valence-electron chi connectivity index (χ1n) is 10.0. The third-order valence-corrected chi connectivity index (χ3v) is 5.18. The third-order valence-electron chi connectivity index (χ3n) is 4.73. The van der Waals surface area contributed by atoms with Gasteiger partial charge in [-0.25, -0.2) is 14.4 Å². The first-order chi connectivity index (χ1) is 16.4. The molecule has 4 aromatic rings. The molecular formula is C23H17Cl2FN4O4. The van der Waals surface area contributed by atoms with E-state index >= 15 is 0 Å². The number of nitro groups is 1. The molecule has 1 aromatic heterocycles. The summed E-state index contributed by atoms with van der Waals surface area (Å²) in [4.78, 5) is 19.4. The standard InChI is InChI=1S/C23H17Cl2FN4O4/c24-6-7-33-22-11-19-17(10-20(22)30(31)32)23(28-13-27-19)29-16-4-5-21(18(25)9-16)34-12-14-2-1-3-15(26)8-14/h1-5,8-11,13H,6-7,12H2,(H,27,28,29). The molecule has 0 saturated heterocycles. The molecule has 4 rings (SSSR count). The number of ether oxygens (including phenoxy) is 2. The second-order valence-electron chi connectivity index (χ2n) is 7.04. The molecular weight excluding hydrogens is 486 g/mol. The van der Waals surface area contributed by atoms with Crippen LogP contribution in [0.2, 0.25) is 5.02 Å². The molecule has 3 aromatic carbocycles. The van der Waals surface area contributed by atoms with Gasteiger partial charge in [0.15, 0.2) is 5.75 Å². The van der Waals surface area contributed by atoms with Gasteiger partial charge in [-0.2, -0.15) is 0 Å². The van der Waals surface area contributed by atoms with Crippen molar-refractivity contribution in [2.24, 2.45) is 0 Å².